The molecule has 1 aliphatic rings. The number of aromatic nitrogens is 2. The summed E-state index contributed by atoms with van der Waals surface area (Å²) < 4.78 is 44.7. The lowest BCUT2D eigenvalue weighted by Crippen LogP contribution is -2.37. The molecule has 1 aromatic heterocycles. The maximum absolute atomic E-state index is 12.7. The van der Waals surface area contributed by atoms with E-state index in [-0.39, 0.29) is 24.8 Å². The van der Waals surface area contributed by atoms with E-state index in [1.165, 1.54) is 12.3 Å². The molecule has 0 saturated carbocycles. The van der Waals surface area contributed by atoms with Crippen LogP contribution in [0.5, 0.6) is 0 Å². The van der Waals surface area contributed by atoms with Gasteiger partial charge in [-0.05, 0) is 51.0 Å². The van der Waals surface area contributed by atoms with E-state index in [1.807, 2.05) is 12.2 Å². The highest BCUT2D eigenvalue weighted by atomic mass is 31.3. The number of hydrogen-bond donors (Lipinski definition) is 5. The number of hydrogen-bond acceptors (Lipinski definition) is 11. The fourth-order valence-electron chi connectivity index (χ4n) is 4.50. The number of allylic oxidation sites excluding steroid dienone is 10. The first kappa shape index (κ1) is 45.3. The van der Waals surface area contributed by atoms with Crippen LogP contribution in [0.2, 0.25) is 0 Å². The molecule has 0 radical (unpaired) electrons. The summed E-state index contributed by atoms with van der Waals surface area (Å²) >= 11 is 0. The Kier molecular flexibility index (Phi) is 20.1. The Morgan fingerprint density at radius 3 is 2.04 bits per heavy atom. The molecule has 18 heteroatoms. The SMILES string of the molecule is CC/C=C\C/C=C\C/C=C\C/C=C\C/C=C\CCCC(=O)Nc1ccn([C@@H]2O[C@H](COP(=O)(O)OP(=O)(O)OCC[N+](C)(C)C)[C@@H](O)[C@H]2O)c(=O)n1. The van der Waals surface area contributed by atoms with E-state index in [1.54, 1.807) is 21.1 Å². The van der Waals surface area contributed by atoms with Crippen molar-refractivity contribution >= 4 is 27.4 Å². The van der Waals surface area contributed by atoms with Gasteiger partial charge in [-0.2, -0.15) is 9.29 Å². The van der Waals surface area contributed by atoms with Crippen molar-refractivity contribution in [2.75, 3.05) is 46.2 Å². The van der Waals surface area contributed by atoms with Crippen molar-refractivity contribution in [2.24, 2.45) is 0 Å². The fourth-order valence-corrected chi connectivity index (χ4v) is 6.57. The number of anilines is 1. The van der Waals surface area contributed by atoms with Crippen LogP contribution < -0.4 is 11.0 Å². The van der Waals surface area contributed by atoms with Gasteiger partial charge in [0.2, 0.25) is 5.91 Å². The van der Waals surface area contributed by atoms with Crippen molar-refractivity contribution in [2.45, 2.75) is 82.8 Å². The first-order chi connectivity index (χ1) is 24.5. The third-order valence-corrected chi connectivity index (χ3v) is 9.90. The molecule has 1 fully saturated rings. The smallest absolute Gasteiger partial charge is 0.387 e. The van der Waals surface area contributed by atoms with Crippen LogP contribution in [-0.4, -0.2) is 99.2 Å². The minimum absolute atomic E-state index is 0.0236. The summed E-state index contributed by atoms with van der Waals surface area (Å²) in [6.45, 7) is 1.29. The zero-order chi connectivity index (χ0) is 38.6. The number of quaternary nitrogens is 1. The lowest BCUT2D eigenvalue weighted by molar-refractivity contribution is -0.870. The van der Waals surface area contributed by atoms with Crippen LogP contribution in [0.15, 0.2) is 77.8 Å². The van der Waals surface area contributed by atoms with Gasteiger partial charge in [-0.1, -0.05) is 67.7 Å². The molecule has 2 rings (SSSR count). The minimum Gasteiger partial charge on any atom is -0.387 e. The predicted octanol–water partition coefficient (Wildman–Crippen LogP) is 4.68. The first-order valence-corrected chi connectivity index (χ1v) is 20.1. The molecule has 292 valence electrons. The number of amides is 1. The average molecular weight is 774 g/mol. The van der Waals surface area contributed by atoms with Crippen LogP contribution >= 0.6 is 15.6 Å². The molecule has 16 nitrogen and oxygen atoms in total. The third kappa shape index (κ3) is 18.8. The fraction of sp³-hybridized carbons (Fsp3) is 0.559. The molecule has 0 spiro atoms. The normalized spacial score (nSPS) is 22.3. The number of nitrogens with zero attached hydrogens (tertiary/aromatic N) is 3. The molecule has 0 aromatic carbocycles. The number of carbonyl (C=O) groups is 1. The van der Waals surface area contributed by atoms with Crippen molar-refractivity contribution in [1.29, 1.82) is 0 Å². The quantitative estimate of drug-likeness (QED) is 0.0418. The maximum Gasteiger partial charge on any atom is 0.481 e. The Bertz CT molecular complexity index is 1550. The molecule has 6 atom stereocenters. The van der Waals surface area contributed by atoms with Crippen molar-refractivity contribution in [3.63, 3.8) is 0 Å². The Labute approximate surface area is 305 Å². The number of phosphoric ester groups is 2. The number of unbranched alkanes of at least 4 members (excludes halogenated alkanes) is 1. The van der Waals surface area contributed by atoms with Gasteiger partial charge in [0.15, 0.2) is 6.23 Å². The molecule has 1 saturated heterocycles. The number of rotatable bonds is 24. The van der Waals surface area contributed by atoms with Gasteiger partial charge in [-0.25, -0.2) is 13.9 Å². The largest absolute Gasteiger partial charge is 0.481 e. The van der Waals surface area contributed by atoms with E-state index in [9.17, 15) is 38.7 Å². The molecule has 0 aliphatic carbocycles. The van der Waals surface area contributed by atoms with Crippen molar-refractivity contribution in [3.05, 3.63) is 83.5 Å². The summed E-state index contributed by atoms with van der Waals surface area (Å²) in [5.41, 5.74) is -0.919. The topological polar surface area (TPSA) is 216 Å². The minimum atomic E-state index is -5.19. The summed E-state index contributed by atoms with van der Waals surface area (Å²) in [5, 5.41) is 23.5. The van der Waals surface area contributed by atoms with Gasteiger partial charge >= 0.3 is 21.3 Å². The average Bonchev–Trinajstić information content (AvgIpc) is 3.32. The second kappa shape index (κ2) is 23.0. The Hall–Kier alpha value is -2.85. The zero-order valence-corrected chi connectivity index (χ0v) is 32.1. The van der Waals surface area contributed by atoms with Crippen molar-refractivity contribution in [1.82, 2.24) is 9.55 Å². The summed E-state index contributed by atoms with van der Waals surface area (Å²) in [6.07, 6.45) is 22.1. The third-order valence-electron chi connectivity index (χ3n) is 7.27. The molecule has 2 unspecified atom stereocenters. The van der Waals surface area contributed by atoms with Crippen LogP contribution in [0.3, 0.4) is 0 Å². The Morgan fingerprint density at radius 1 is 0.923 bits per heavy atom. The molecule has 52 heavy (non-hydrogen) atoms. The highest BCUT2D eigenvalue weighted by molar-refractivity contribution is 7.61. The molecule has 1 amide bonds. The van der Waals surface area contributed by atoms with E-state index in [0.29, 0.717) is 23.9 Å². The van der Waals surface area contributed by atoms with Gasteiger partial charge in [0.25, 0.3) is 0 Å². The number of aliphatic hydroxyl groups excluding tert-OH is 2. The summed E-state index contributed by atoms with van der Waals surface area (Å²) in [6, 6.07) is 1.31. The van der Waals surface area contributed by atoms with Gasteiger partial charge in [-0.3, -0.25) is 18.4 Å². The van der Waals surface area contributed by atoms with Crippen molar-refractivity contribution < 1.29 is 56.5 Å². The van der Waals surface area contributed by atoms with Crippen LogP contribution in [0.4, 0.5) is 5.82 Å². The van der Waals surface area contributed by atoms with E-state index >= 15 is 0 Å². The zero-order valence-electron chi connectivity index (χ0n) is 30.3. The second-order valence-corrected chi connectivity index (χ2v) is 15.9. The Morgan fingerprint density at radius 2 is 1.48 bits per heavy atom. The van der Waals surface area contributed by atoms with E-state index < -0.39 is 52.5 Å². The number of nitrogens with one attached hydrogen (secondary N) is 1. The molecule has 1 aliphatic heterocycles. The molecule has 1 aromatic rings. The van der Waals surface area contributed by atoms with Gasteiger partial charge < -0.3 is 34.5 Å². The lowest BCUT2D eigenvalue weighted by Gasteiger charge is -2.24. The summed E-state index contributed by atoms with van der Waals surface area (Å²) in [7, 11) is -4.77. The van der Waals surface area contributed by atoms with Gasteiger partial charge in [0.05, 0.1) is 27.7 Å². The van der Waals surface area contributed by atoms with Crippen LogP contribution in [0.1, 0.15) is 64.5 Å². The highest BCUT2D eigenvalue weighted by Gasteiger charge is 2.46. The number of likely N-dealkylation sites (N-methyl/N-ethyl adjacent to an activating group) is 1. The standard InChI is InChI=1S/C34H54N4O12P2/c1-5-6-7-8-9-10-11-12-13-14-15-16-17-18-19-20-21-22-30(39)35-29-23-24-37(34(42)36-29)33-32(41)31(40)28(49-33)27-48-52(45,46)50-51(43,44)47-26-25-38(2,3)4/h6-7,9-10,12-13,15-16,18-19,23-24,28,31-33,40-41H,5,8,11,14,17,20-22,25-27H2,1-4H3,(H2-,35,36,39,42,43,44,45,46)/p+1/b7-6-,10-9-,13-12-,16-15-,19-18-/t28-,31-,32-,33-/m1/s1. The number of carbonyl (C=O) groups excluding carboxylic acids is 1. The molecular weight excluding hydrogens is 718 g/mol. The van der Waals surface area contributed by atoms with E-state index in [4.69, 9.17) is 13.8 Å². The predicted molar refractivity (Wildman–Crippen MR) is 197 cm³/mol. The maximum atomic E-state index is 12.7. The van der Waals surface area contributed by atoms with Crippen LogP contribution in [0.25, 0.3) is 0 Å². The van der Waals surface area contributed by atoms with E-state index in [2.05, 4.69) is 70.1 Å². The molecular formula is C34H55N4O12P2+. The van der Waals surface area contributed by atoms with E-state index in [0.717, 1.165) is 36.7 Å². The van der Waals surface area contributed by atoms with Gasteiger partial charge in [-0.15, -0.1) is 0 Å². The Balaban J connectivity index is 1.74. The van der Waals surface area contributed by atoms with Crippen LogP contribution in [0, 0.1) is 0 Å². The molecule has 5 N–H and O–H groups in total. The first-order valence-electron chi connectivity index (χ1n) is 17.2. The molecule has 0 bridgehead atoms. The monoisotopic (exact) mass is 773 g/mol. The highest BCUT2D eigenvalue weighted by Crippen LogP contribution is 2.60. The van der Waals surface area contributed by atoms with Gasteiger partial charge in [0, 0.05) is 12.6 Å². The summed E-state index contributed by atoms with van der Waals surface area (Å²) in [5.74, 6) is -0.367. The lowest BCUT2D eigenvalue weighted by atomic mass is 10.1. The van der Waals surface area contributed by atoms with Crippen molar-refractivity contribution in [3.8, 4) is 0 Å². The number of aliphatic hydroxyl groups is 2. The van der Waals surface area contributed by atoms with Crippen LogP contribution in [-0.2, 0) is 32.0 Å². The second-order valence-electron chi connectivity index (χ2n) is 12.9. The van der Waals surface area contributed by atoms with Gasteiger partial charge in [0.1, 0.15) is 37.3 Å². The number of ether oxygens (including phenoxy) is 1. The summed E-state index contributed by atoms with van der Waals surface area (Å²) in [4.78, 5) is 48.6. The number of phosphoric acid groups is 2. The molecule has 2 heterocycles.